The van der Waals surface area contributed by atoms with Gasteiger partial charge in [0.15, 0.2) is 0 Å². The van der Waals surface area contributed by atoms with Crippen LogP contribution < -0.4 is 26.3 Å². The molecule has 0 amide bonds. The highest BCUT2D eigenvalue weighted by Gasteiger charge is 2.47. The number of para-hydroxylation sites is 4. The fraction of sp³-hybridized carbons (Fsp3) is 0.0833. The van der Waals surface area contributed by atoms with E-state index in [4.69, 9.17) is 0 Å². The number of benzene rings is 7. The molecule has 1 aromatic heterocycles. The van der Waals surface area contributed by atoms with E-state index in [1.54, 1.807) is 0 Å². The number of rotatable bonds is 4. The van der Waals surface area contributed by atoms with Crippen molar-refractivity contribution in [2.75, 3.05) is 9.80 Å². The molecule has 0 fully saturated rings. The predicted molar refractivity (Wildman–Crippen MR) is 219 cm³/mol. The van der Waals surface area contributed by atoms with Crippen LogP contribution in [0.15, 0.2) is 170 Å². The largest absolute Gasteiger partial charge is 0.323 e. The summed E-state index contributed by atoms with van der Waals surface area (Å²) in [6, 6.07) is 62.8. The Balaban J connectivity index is 1.32. The molecule has 1 aliphatic carbocycles. The van der Waals surface area contributed by atoms with E-state index in [0.29, 0.717) is 0 Å². The van der Waals surface area contributed by atoms with Crippen molar-refractivity contribution in [3.05, 3.63) is 181 Å². The van der Waals surface area contributed by atoms with Gasteiger partial charge >= 0.3 is 0 Å². The molecule has 3 aliphatic rings. The maximum absolute atomic E-state index is 2.66. The van der Waals surface area contributed by atoms with Crippen molar-refractivity contribution in [2.24, 2.45) is 0 Å². The molecule has 0 saturated carbocycles. The normalized spacial score (nSPS) is 14.1. The fourth-order valence-electron chi connectivity index (χ4n) is 9.43. The Morgan fingerprint density at radius 3 is 1.85 bits per heavy atom. The first-order valence-corrected chi connectivity index (χ1v) is 18.6. The lowest BCUT2D eigenvalue weighted by Gasteiger charge is -2.44. The van der Waals surface area contributed by atoms with Crippen LogP contribution in [0.5, 0.6) is 0 Å². The van der Waals surface area contributed by atoms with E-state index in [-0.39, 0.29) is 6.71 Å². The van der Waals surface area contributed by atoms with Crippen LogP contribution >= 0.6 is 0 Å². The first-order chi connectivity index (χ1) is 25.8. The minimum atomic E-state index is 0.0449. The third-order valence-corrected chi connectivity index (χ3v) is 11.5. The summed E-state index contributed by atoms with van der Waals surface area (Å²) >= 11 is 0. The van der Waals surface area contributed by atoms with E-state index in [1.807, 2.05) is 0 Å². The average molecular weight is 666 g/mol. The molecule has 0 spiro atoms. The molecule has 0 bridgehead atoms. The van der Waals surface area contributed by atoms with Crippen LogP contribution in [0.4, 0.5) is 34.1 Å². The van der Waals surface area contributed by atoms with Crippen molar-refractivity contribution in [3.63, 3.8) is 0 Å². The number of fused-ring (bicyclic) bond motifs is 7. The van der Waals surface area contributed by atoms with Gasteiger partial charge in [0.05, 0.1) is 5.69 Å². The number of hydrogen-bond acceptors (Lipinski definition) is 2. The second-order valence-electron chi connectivity index (χ2n) is 14.3. The Morgan fingerprint density at radius 1 is 0.481 bits per heavy atom. The summed E-state index contributed by atoms with van der Waals surface area (Å²) in [5, 5.41) is 2.53. The molecule has 0 atom stereocenters. The van der Waals surface area contributed by atoms with E-state index in [2.05, 4.69) is 184 Å². The van der Waals surface area contributed by atoms with Crippen molar-refractivity contribution in [2.45, 2.75) is 25.7 Å². The van der Waals surface area contributed by atoms with Gasteiger partial charge in [-0.1, -0.05) is 115 Å². The van der Waals surface area contributed by atoms with E-state index in [0.717, 1.165) is 12.8 Å². The van der Waals surface area contributed by atoms with Gasteiger partial charge in [0.1, 0.15) is 0 Å². The summed E-state index contributed by atoms with van der Waals surface area (Å²) < 4.78 is 2.66. The monoisotopic (exact) mass is 665 g/mol. The van der Waals surface area contributed by atoms with Crippen molar-refractivity contribution in [1.29, 1.82) is 0 Å². The second kappa shape index (κ2) is 11.6. The highest BCUT2D eigenvalue weighted by Crippen LogP contribution is 2.49. The Labute approximate surface area is 305 Å². The van der Waals surface area contributed by atoms with Gasteiger partial charge in [0.2, 0.25) is 0 Å². The molecule has 11 rings (SSSR count). The molecule has 0 saturated heterocycles. The summed E-state index contributed by atoms with van der Waals surface area (Å²) in [6.07, 6.45) is 4.57. The Bertz CT molecular complexity index is 2640. The van der Waals surface area contributed by atoms with Crippen molar-refractivity contribution in [3.8, 4) is 16.8 Å². The predicted octanol–water partition coefficient (Wildman–Crippen LogP) is 10.3. The Hall–Kier alpha value is -6.26. The van der Waals surface area contributed by atoms with Crippen molar-refractivity contribution >= 4 is 68.1 Å². The number of anilines is 6. The van der Waals surface area contributed by atoms with E-state index in [1.165, 1.54) is 102 Å². The maximum atomic E-state index is 2.66. The molecule has 0 N–H and O–H groups in total. The molecule has 2 aliphatic heterocycles. The van der Waals surface area contributed by atoms with Crippen LogP contribution in [-0.4, -0.2) is 11.3 Å². The van der Waals surface area contributed by atoms with Gasteiger partial charge in [-0.15, -0.1) is 0 Å². The number of hydrogen-bond donors (Lipinski definition) is 0. The first kappa shape index (κ1) is 29.5. The molecule has 4 heteroatoms. The number of aromatic nitrogens is 1. The minimum absolute atomic E-state index is 0.0449. The minimum Gasteiger partial charge on any atom is -0.323 e. The zero-order chi connectivity index (χ0) is 34.2. The number of nitrogens with zero attached hydrogens (tertiary/aromatic N) is 3. The Kier molecular flexibility index (Phi) is 6.60. The first-order valence-electron chi connectivity index (χ1n) is 18.6. The van der Waals surface area contributed by atoms with Crippen molar-refractivity contribution < 1.29 is 0 Å². The molecule has 3 heterocycles. The van der Waals surface area contributed by atoms with E-state index < -0.39 is 0 Å². The SMILES string of the molecule is c1ccc(N2c3ccccc3B3c4c2cc(-c2cccc5ccccc25)cc4N(c2ccccc2)c2c4c(n(-c5ccccc5)c23)CCCC4)cc1. The average Bonchev–Trinajstić information content (AvgIpc) is 3.56. The maximum Gasteiger partial charge on any atom is 0.273 e. The van der Waals surface area contributed by atoms with Gasteiger partial charge in [0.25, 0.3) is 6.71 Å². The van der Waals surface area contributed by atoms with Gasteiger partial charge in [-0.3, -0.25) is 0 Å². The van der Waals surface area contributed by atoms with E-state index in [9.17, 15) is 0 Å². The molecular weight excluding hydrogens is 629 g/mol. The van der Waals surface area contributed by atoms with Gasteiger partial charge in [-0.05, 0) is 119 Å². The summed E-state index contributed by atoms with van der Waals surface area (Å²) in [7, 11) is 0. The molecule has 0 unspecified atom stereocenters. The van der Waals surface area contributed by atoms with Crippen LogP contribution in [0.3, 0.4) is 0 Å². The van der Waals surface area contributed by atoms with Crippen LogP contribution in [0.2, 0.25) is 0 Å². The zero-order valence-corrected chi connectivity index (χ0v) is 28.9. The lowest BCUT2D eigenvalue weighted by atomic mass is 9.34. The molecular formula is C48H36BN3. The summed E-state index contributed by atoms with van der Waals surface area (Å²) in [6.45, 7) is 0.0449. The van der Waals surface area contributed by atoms with Crippen molar-refractivity contribution in [1.82, 2.24) is 4.57 Å². The van der Waals surface area contributed by atoms with Crippen LogP contribution in [-0.2, 0) is 12.8 Å². The third kappa shape index (κ3) is 4.27. The second-order valence-corrected chi connectivity index (χ2v) is 14.3. The van der Waals surface area contributed by atoms with Gasteiger partial charge in [-0.2, -0.15) is 0 Å². The lowest BCUT2D eigenvalue weighted by Crippen LogP contribution is -2.63. The summed E-state index contributed by atoms with van der Waals surface area (Å²) in [5.74, 6) is 0. The molecule has 246 valence electrons. The zero-order valence-electron chi connectivity index (χ0n) is 28.9. The summed E-state index contributed by atoms with van der Waals surface area (Å²) in [4.78, 5) is 5.14. The van der Waals surface area contributed by atoms with E-state index >= 15 is 0 Å². The molecule has 7 aromatic carbocycles. The van der Waals surface area contributed by atoms with Crippen LogP contribution in [0, 0.1) is 0 Å². The van der Waals surface area contributed by atoms with Gasteiger partial charge in [-0.25, -0.2) is 0 Å². The quantitative estimate of drug-likeness (QED) is 0.173. The lowest BCUT2D eigenvalue weighted by molar-refractivity contribution is 0.664. The molecule has 52 heavy (non-hydrogen) atoms. The topological polar surface area (TPSA) is 11.4 Å². The highest BCUT2D eigenvalue weighted by molar-refractivity contribution is 7.00. The van der Waals surface area contributed by atoms with Crippen LogP contribution in [0.1, 0.15) is 24.1 Å². The summed E-state index contributed by atoms with van der Waals surface area (Å²) in [5.41, 5.74) is 18.3. The molecule has 3 nitrogen and oxygen atoms in total. The van der Waals surface area contributed by atoms with Gasteiger partial charge in [0, 0.05) is 45.4 Å². The smallest absolute Gasteiger partial charge is 0.273 e. The van der Waals surface area contributed by atoms with Gasteiger partial charge < -0.3 is 14.4 Å². The fourth-order valence-corrected chi connectivity index (χ4v) is 9.43. The molecule has 0 radical (unpaired) electrons. The standard InChI is InChI=1S/C48H36BN3/c1-4-19-35(20-5-1)50-43-30-15-13-28-41(43)49-46-44(50)31-34(39-27-16-18-33-17-10-11-25-38(33)39)32-45(46)51(36-21-6-2-7-22-36)47-40-26-12-14-29-42(40)52(48(47)49)37-23-8-3-9-24-37/h1-11,13,15-25,27-28,30-32H,12,14,26,29H2. The Morgan fingerprint density at radius 2 is 1.08 bits per heavy atom. The third-order valence-electron chi connectivity index (χ3n) is 11.5. The highest BCUT2D eigenvalue weighted by atomic mass is 15.2. The van der Waals surface area contributed by atoms with Crippen LogP contribution in [0.25, 0.3) is 27.6 Å². The molecule has 8 aromatic rings.